The highest BCUT2D eigenvalue weighted by molar-refractivity contribution is 5.17. The molecule has 0 aliphatic heterocycles. The molecular weight excluding hydrogens is 226 g/mol. The Balaban J connectivity index is 2.21. The minimum atomic E-state index is 0.0412. The van der Waals surface area contributed by atoms with Crippen LogP contribution in [-0.4, -0.2) is 40.2 Å². The summed E-state index contributed by atoms with van der Waals surface area (Å²) in [5.41, 5.74) is 7.37. The summed E-state index contributed by atoms with van der Waals surface area (Å²) < 4.78 is 0. The van der Waals surface area contributed by atoms with Crippen LogP contribution in [0, 0.1) is 0 Å². The van der Waals surface area contributed by atoms with Crippen LogP contribution in [0.1, 0.15) is 37.8 Å². The predicted molar refractivity (Wildman–Crippen MR) is 72.1 cm³/mol. The maximum atomic E-state index is 9.29. The molecule has 0 spiro atoms. The molecular formula is C14H23N3O. The van der Waals surface area contributed by atoms with Crippen molar-refractivity contribution in [2.45, 2.75) is 44.3 Å². The summed E-state index contributed by atoms with van der Waals surface area (Å²) in [7, 11) is 0. The van der Waals surface area contributed by atoms with Gasteiger partial charge in [-0.3, -0.25) is 9.88 Å². The molecule has 4 nitrogen and oxygen atoms in total. The standard InChI is InChI=1S/C14H23N3O/c1-11(15)14(12-5-7-16-8-6-12)17(9-10-18)13-3-2-4-13/h5-8,11,13-14,18H,2-4,9-10,15H2,1H3. The van der Waals surface area contributed by atoms with Gasteiger partial charge in [-0.15, -0.1) is 0 Å². The van der Waals surface area contributed by atoms with E-state index in [2.05, 4.69) is 9.88 Å². The fraction of sp³-hybridized carbons (Fsp3) is 0.643. The lowest BCUT2D eigenvalue weighted by Crippen LogP contribution is -2.49. The molecule has 1 fully saturated rings. The van der Waals surface area contributed by atoms with Crippen LogP contribution in [0.15, 0.2) is 24.5 Å². The molecule has 0 bridgehead atoms. The SMILES string of the molecule is CC(N)C(c1ccncc1)N(CCO)C1CCC1. The quantitative estimate of drug-likeness (QED) is 0.798. The molecule has 1 heterocycles. The molecule has 1 aliphatic rings. The molecule has 1 aromatic rings. The molecule has 1 aliphatic carbocycles. The minimum Gasteiger partial charge on any atom is -0.395 e. The van der Waals surface area contributed by atoms with E-state index in [0.717, 1.165) is 0 Å². The van der Waals surface area contributed by atoms with Gasteiger partial charge in [0, 0.05) is 31.0 Å². The lowest BCUT2D eigenvalue weighted by molar-refractivity contribution is 0.0503. The van der Waals surface area contributed by atoms with E-state index < -0.39 is 0 Å². The molecule has 1 aromatic heterocycles. The van der Waals surface area contributed by atoms with Crippen LogP contribution in [-0.2, 0) is 0 Å². The van der Waals surface area contributed by atoms with Crippen LogP contribution < -0.4 is 5.73 Å². The highest BCUT2D eigenvalue weighted by atomic mass is 16.3. The molecule has 4 heteroatoms. The van der Waals surface area contributed by atoms with Crippen LogP contribution in [0.25, 0.3) is 0 Å². The van der Waals surface area contributed by atoms with E-state index in [1.807, 2.05) is 31.5 Å². The fourth-order valence-electron chi connectivity index (χ4n) is 2.74. The number of pyridine rings is 1. The number of nitrogens with two attached hydrogens (primary N) is 1. The van der Waals surface area contributed by atoms with Gasteiger partial charge in [0.1, 0.15) is 0 Å². The van der Waals surface area contributed by atoms with Gasteiger partial charge in [-0.25, -0.2) is 0 Å². The molecule has 0 aromatic carbocycles. The summed E-state index contributed by atoms with van der Waals surface area (Å²) in [5, 5.41) is 9.29. The summed E-state index contributed by atoms with van der Waals surface area (Å²) in [6, 6.07) is 4.83. The summed E-state index contributed by atoms with van der Waals surface area (Å²) >= 11 is 0. The second-order valence-electron chi connectivity index (χ2n) is 5.13. The zero-order valence-corrected chi connectivity index (χ0v) is 11.0. The lowest BCUT2D eigenvalue weighted by Gasteiger charge is -2.44. The van der Waals surface area contributed by atoms with E-state index >= 15 is 0 Å². The number of nitrogens with zero attached hydrogens (tertiary/aromatic N) is 2. The van der Waals surface area contributed by atoms with Crippen LogP contribution in [0.5, 0.6) is 0 Å². The fourth-order valence-corrected chi connectivity index (χ4v) is 2.74. The van der Waals surface area contributed by atoms with Crippen molar-refractivity contribution in [3.63, 3.8) is 0 Å². The number of hydrogen-bond acceptors (Lipinski definition) is 4. The van der Waals surface area contributed by atoms with Crippen molar-refractivity contribution in [2.24, 2.45) is 5.73 Å². The maximum absolute atomic E-state index is 9.29. The van der Waals surface area contributed by atoms with Crippen molar-refractivity contribution >= 4 is 0 Å². The van der Waals surface area contributed by atoms with Gasteiger partial charge >= 0.3 is 0 Å². The van der Waals surface area contributed by atoms with Crippen molar-refractivity contribution in [1.29, 1.82) is 0 Å². The molecule has 0 amide bonds. The Kier molecular flexibility index (Phi) is 4.69. The predicted octanol–water partition coefficient (Wildman–Crippen LogP) is 1.32. The second kappa shape index (κ2) is 6.27. The van der Waals surface area contributed by atoms with E-state index in [1.165, 1.54) is 24.8 Å². The summed E-state index contributed by atoms with van der Waals surface area (Å²) in [4.78, 5) is 6.43. The first-order valence-electron chi connectivity index (χ1n) is 6.76. The Bertz CT molecular complexity index is 351. The monoisotopic (exact) mass is 249 g/mol. The van der Waals surface area contributed by atoms with Gasteiger partial charge in [0.2, 0.25) is 0 Å². The number of aliphatic hydroxyl groups excluding tert-OH is 1. The molecule has 18 heavy (non-hydrogen) atoms. The van der Waals surface area contributed by atoms with Gasteiger partial charge in [0.15, 0.2) is 0 Å². The van der Waals surface area contributed by atoms with Crippen LogP contribution in [0.3, 0.4) is 0 Å². The first kappa shape index (κ1) is 13.5. The average molecular weight is 249 g/mol. The minimum absolute atomic E-state index is 0.0412. The van der Waals surface area contributed by atoms with E-state index in [0.29, 0.717) is 12.6 Å². The molecule has 3 N–H and O–H groups in total. The van der Waals surface area contributed by atoms with Gasteiger partial charge in [0.05, 0.1) is 12.6 Å². The van der Waals surface area contributed by atoms with Gasteiger partial charge in [-0.1, -0.05) is 6.42 Å². The Labute approximate surface area is 109 Å². The Morgan fingerprint density at radius 1 is 1.44 bits per heavy atom. The normalized spacial score (nSPS) is 19.6. The highest BCUT2D eigenvalue weighted by Gasteiger charge is 2.32. The molecule has 2 rings (SSSR count). The van der Waals surface area contributed by atoms with Crippen molar-refractivity contribution in [2.75, 3.05) is 13.2 Å². The van der Waals surface area contributed by atoms with E-state index in [9.17, 15) is 5.11 Å². The molecule has 2 unspecified atom stereocenters. The molecule has 0 radical (unpaired) electrons. The number of aliphatic hydroxyl groups is 1. The highest BCUT2D eigenvalue weighted by Crippen LogP contribution is 2.33. The third-order valence-corrected chi connectivity index (χ3v) is 3.80. The lowest BCUT2D eigenvalue weighted by atomic mass is 9.88. The van der Waals surface area contributed by atoms with Crippen LogP contribution >= 0.6 is 0 Å². The third-order valence-electron chi connectivity index (χ3n) is 3.80. The van der Waals surface area contributed by atoms with Crippen LogP contribution in [0.4, 0.5) is 0 Å². The largest absolute Gasteiger partial charge is 0.395 e. The summed E-state index contributed by atoms with van der Waals surface area (Å²) in [6.07, 6.45) is 7.34. The summed E-state index contributed by atoms with van der Waals surface area (Å²) in [6.45, 7) is 2.91. The van der Waals surface area contributed by atoms with Crippen molar-refractivity contribution < 1.29 is 5.11 Å². The van der Waals surface area contributed by atoms with Crippen molar-refractivity contribution in [3.8, 4) is 0 Å². The Morgan fingerprint density at radius 2 is 2.11 bits per heavy atom. The molecule has 2 atom stereocenters. The summed E-state index contributed by atoms with van der Waals surface area (Å²) in [5.74, 6) is 0. The Hall–Kier alpha value is -0.970. The smallest absolute Gasteiger partial charge is 0.0558 e. The first-order valence-corrected chi connectivity index (χ1v) is 6.76. The number of aromatic nitrogens is 1. The molecule has 1 saturated carbocycles. The van der Waals surface area contributed by atoms with Gasteiger partial charge in [0.25, 0.3) is 0 Å². The van der Waals surface area contributed by atoms with Gasteiger partial charge in [-0.05, 0) is 37.5 Å². The van der Waals surface area contributed by atoms with E-state index in [-0.39, 0.29) is 18.7 Å². The zero-order chi connectivity index (χ0) is 13.0. The maximum Gasteiger partial charge on any atom is 0.0558 e. The van der Waals surface area contributed by atoms with Crippen molar-refractivity contribution in [1.82, 2.24) is 9.88 Å². The topological polar surface area (TPSA) is 62.4 Å². The Morgan fingerprint density at radius 3 is 2.56 bits per heavy atom. The van der Waals surface area contributed by atoms with Crippen LogP contribution in [0.2, 0.25) is 0 Å². The third kappa shape index (κ3) is 2.88. The van der Waals surface area contributed by atoms with Crippen molar-refractivity contribution in [3.05, 3.63) is 30.1 Å². The second-order valence-corrected chi connectivity index (χ2v) is 5.13. The molecule has 100 valence electrons. The first-order chi connectivity index (χ1) is 8.74. The van der Waals surface area contributed by atoms with Gasteiger partial charge in [-0.2, -0.15) is 0 Å². The van der Waals surface area contributed by atoms with E-state index in [1.54, 1.807) is 0 Å². The molecule has 0 saturated heterocycles. The van der Waals surface area contributed by atoms with E-state index in [4.69, 9.17) is 5.73 Å². The van der Waals surface area contributed by atoms with Gasteiger partial charge < -0.3 is 10.8 Å². The average Bonchev–Trinajstić information content (AvgIpc) is 2.28. The number of rotatable bonds is 6. The zero-order valence-electron chi connectivity index (χ0n) is 11.0. The number of hydrogen-bond donors (Lipinski definition) is 2.